The van der Waals surface area contributed by atoms with Gasteiger partial charge in [0, 0.05) is 12.8 Å². The number of carbonyl (C=O) groups is 2. The summed E-state index contributed by atoms with van der Waals surface area (Å²) >= 11 is 0. The zero-order valence-electron chi connectivity index (χ0n) is 66.1. The molecule has 2 atom stereocenters. The van der Waals surface area contributed by atoms with Gasteiger partial charge in [0.1, 0.15) is 19.8 Å². The Balaban J connectivity index is 3.84. The number of esters is 2. The molecule has 0 radical (unpaired) electrons. The molecule has 0 aliphatic rings. The van der Waals surface area contributed by atoms with Crippen LogP contribution in [0.15, 0.2) is 24.3 Å². The van der Waals surface area contributed by atoms with Crippen molar-refractivity contribution in [1.29, 1.82) is 0 Å². The van der Waals surface area contributed by atoms with Crippen molar-refractivity contribution >= 4 is 19.8 Å². The average molecular weight is 1390 g/mol. The summed E-state index contributed by atoms with van der Waals surface area (Å²) in [6.07, 6.45) is 102. The molecule has 9 nitrogen and oxygen atoms in total. The van der Waals surface area contributed by atoms with Crippen LogP contribution >= 0.6 is 7.82 Å². The van der Waals surface area contributed by atoms with Gasteiger partial charge in [0.15, 0.2) is 6.10 Å². The summed E-state index contributed by atoms with van der Waals surface area (Å²) in [5, 5.41) is 0. The fraction of sp³-hybridized carbons (Fsp3) is 0.931. The van der Waals surface area contributed by atoms with Crippen LogP contribution < -0.4 is 4.89 Å². The molecule has 10 heteroatoms. The Morgan fingerprint density at radius 1 is 0.320 bits per heavy atom. The van der Waals surface area contributed by atoms with E-state index in [9.17, 15) is 19.0 Å². The Bertz CT molecular complexity index is 1680. The van der Waals surface area contributed by atoms with E-state index in [2.05, 4.69) is 38.2 Å². The maximum Gasteiger partial charge on any atom is 0.306 e. The second kappa shape index (κ2) is 78.6. The van der Waals surface area contributed by atoms with Gasteiger partial charge >= 0.3 is 11.9 Å². The number of rotatable bonds is 83. The van der Waals surface area contributed by atoms with E-state index in [-0.39, 0.29) is 32.0 Å². The molecule has 0 heterocycles. The van der Waals surface area contributed by atoms with Gasteiger partial charge in [-0.25, -0.2) is 0 Å². The number of nitrogens with zero attached hydrogens (tertiary/aromatic N) is 1. The second-order valence-electron chi connectivity index (χ2n) is 31.3. The summed E-state index contributed by atoms with van der Waals surface area (Å²) in [5.74, 6) is -0.801. The first-order valence-corrected chi connectivity index (χ1v) is 45.0. The predicted octanol–water partition coefficient (Wildman–Crippen LogP) is 28.5. The van der Waals surface area contributed by atoms with Gasteiger partial charge in [0.05, 0.1) is 27.7 Å². The summed E-state index contributed by atoms with van der Waals surface area (Å²) < 4.78 is 34.5. The summed E-state index contributed by atoms with van der Waals surface area (Å²) in [5.41, 5.74) is 0. The third-order valence-electron chi connectivity index (χ3n) is 20.2. The molecule has 0 rings (SSSR count). The van der Waals surface area contributed by atoms with Crippen LogP contribution in [0.25, 0.3) is 0 Å². The number of hydrogen-bond acceptors (Lipinski definition) is 8. The van der Waals surface area contributed by atoms with Crippen molar-refractivity contribution in [2.24, 2.45) is 0 Å². The first kappa shape index (κ1) is 95.5. The van der Waals surface area contributed by atoms with Gasteiger partial charge in [-0.1, -0.05) is 436 Å². The van der Waals surface area contributed by atoms with Crippen molar-refractivity contribution in [3.8, 4) is 0 Å². The maximum atomic E-state index is 12.9. The van der Waals surface area contributed by atoms with Crippen LogP contribution in [0.1, 0.15) is 470 Å². The van der Waals surface area contributed by atoms with Crippen molar-refractivity contribution < 1.29 is 42.1 Å². The molecule has 0 aromatic heterocycles. The molecular weight excluding hydrogens is 1220 g/mol. The van der Waals surface area contributed by atoms with E-state index in [0.717, 1.165) is 38.5 Å². The van der Waals surface area contributed by atoms with Gasteiger partial charge in [-0.15, -0.1) is 0 Å². The third-order valence-corrected chi connectivity index (χ3v) is 21.2. The summed E-state index contributed by atoms with van der Waals surface area (Å²) in [4.78, 5) is 38.2. The normalized spacial score (nSPS) is 13.0. The van der Waals surface area contributed by atoms with Crippen LogP contribution in [0.3, 0.4) is 0 Å². The van der Waals surface area contributed by atoms with Crippen molar-refractivity contribution in [2.75, 3.05) is 47.5 Å². The highest BCUT2D eigenvalue weighted by Crippen LogP contribution is 2.38. The summed E-state index contributed by atoms with van der Waals surface area (Å²) in [6.45, 7) is 4.33. The first-order chi connectivity index (χ1) is 47.5. The Labute approximate surface area is 606 Å². The first-order valence-electron chi connectivity index (χ1n) is 43.5. The average Bonchev–Trinajstić information content (AvgIpc) is 1.69. The lowest BCUT2D eigenvalue weighted by molar-refractivity contribution is -0.870. The van der Waals surface area contributed by atoms with Gasteiger partial charge in [-0.3, -0.25) is 14.2 Å². The third kappa shape index (κ3) is 83.3. The molecule has 0 spiro atoms. The number of phosphoric acid groups is 1. The number of carbonyl (C=O) groups excluding carboxylic acids is 2. The molecule has 0 saturated carbocycles. The van der Waals surface area contributed by atoms with E-state index in [1.165, 1.54) is 398 Å². The van der Waals surface area contributed by atoms with E-state index >= 15 is 0 Å². The Morgan fingerprint density at radius 2 is 0.557 bits per heavy atom. The topological polar surface area (TPSA) is 111 Å². The maximum absolute atomic E-state index is 12.9. The molecule has 0 fully saturated rings. The Morgan fingerprint density at radius 3 is 0.814 bits per heavy atom. The van der Waals surface area contributed by atoms with Crippen molar-refractivity contribution in [3.63, 3.8) is 0 Å². The van der Waals surface area contributed by atoms with Crippen LogP contribution in [0, 0.1) is 0 Å². The zero-order chi connectivity index (χ0) is 70.4. The smallest absolute Gasteiger partial charge is 0.306 e. The van der Waals surface area contributed by atoms with Gasteiger partial charge in [0.25, 0.3) is 7.82 Å². The lowest BCUT2D eigenvalue weighted by atomic mass is 10.0. The highest BCUT2D eigenvalue weighted by atomic mass is 31.2. The monoisotopic (exact) mass is 1390 g/mol. The quantitative estimate of drug-likeness (QED) is 0.0195. The molecule has 0 saturated heterocycles. The SMILES string of the molecule is CCCCCCC/C=C\C/C=C\CCCCCCCCCCCCCCCCCCCCCCCCCCCCCC(=O)OC(COC(=O)CCCCCCCCCCCCCCCCCCCCCCCCCCCCCCCCCCCC)COP(=O)([O-])OCC[N+](C)(C)C. The van der Waals surface area contributed by atoms with E-state index in [0.29, 0.717) is 17.4 Å². The molecule has 0 aromatic rings. The van der Waals surface area contributed by atoms with Gasteiger partial charge in [0.2, 0.25) is 0 Å². The van der Waals surface area contributed by atoms with Crippen molar-refractivity contribution in [2.45, 2.75) is 476 Å². The molecule has 0 amide bonds. The van der Waals surface area contributed by atoms with Crippen LogP contribution in [0.5, 0.6) is 0 Å². The molecule has 0 aliphatic carbocycles. The van der Waals surface area contributed by atoms with E-state index in [1.807, 2.05) is 21.1 Å². The number of quaternary nitrogens is 1. The number of ether oxygens (including phenoxy) is 2. The largest absolute Gasteiger partial charge is 0.756 e. The minimum Gasteiger partial charge on any atom is -0.756 e. The van der Waals surface area contributed by atoms with Crippen LogP contribution in [0.4, 0.5) is 0 Å². The van der Waals surface area contributed by atoms with Gasteiger partial charge in [-0.2, -0.15) is 0 Å². The van der Waals surface area contributed by atoms with E-state index in [1.54, 1.807) is 0 Å². The zero-order valence-corrected chi connectivity index (χ0v) is 67.0. The standard InChI is InChI=1S/C87H170NO8P/c1-6-8-10-12-14-16-18-20-22-24-26-28-30-32-34-36-38-40-42-43-44-45-46-48-50-52-54-56-58-60-62-64-66-68-70-72-74-76-78-80-87(90)96-85(84-95-97(91,92)94-82-81-88(3,4)5)83-93-86(89)79-77-75-73-71-69-67-65-63-61-59-57-55-53-51-49-47-41-39-37-35-33-31-29-27-25-23-21-19-17-15-13-11-9-7-2/h18,20,24,26,85H,6-17,19,21-23,25,27-84H2,1-5H3/b20-18-,26-24-. The van der Waals surface area contributed by atoms with Crippen molar-refractivity contribution in [1.82, 2.24) is 0 Å². The highest BCUT2D eigenvalue weighted by molar-refractivity contribution is 7.45. The number of allylic oxidation sites excluding steroid dienone is 4. The molecule has 0 aromatic carbocycles. The van der Waals surface area contributed by atoms with Crippen molar-refractivity contribution in [3.05, 3.63) is 24.3 Å². The fourth-order valence-electron chi connectivity index (χ4n) is 13.6. The molecule has 0 N–H and O–H groups in total. The lowest BCUT2D eigenvalue weighted by Crippen LogP contribution is -2.37. The predicted molar refractivity (Wildman–Crippen MR) is 421 cm³/mol. The van der Waals surface area contributed by atoms with Gasteiger partial charge in [-0.05, 0) is 44.9 Å². The van der Waals surface area contributed by atoms with Crippen LogP contribution in [-0.4, -0.2) is 70.0 Å². The molecule has 0 bridgehead atoms. The fourth-order valence-corrected chi connectivity index (χ4v) is 14.3. The lowest BCUT2D eigenvalue weighted by Gasteiger charge is -2.28. The molecule has 576 valence electrons. The molecule has 2 unspecified atom stereocenters. The number of hydrogen-bond donors (Lipinski definition) is 0. The second-order valence-corrected chi connectivity index (χ2v) is 32.7. The van der Waals surface area contributed by atoms with Crippen LogP contribution in [-0.2, 0) is 32.7 Å². The van der Waals surface area contributed by atoms with E-state index in [4.69, 9.17) is 18.5 Å². The van der Waals surface area contributed by atoms with E-state index < -0.39 is 26.5 Å². The minimum atomic E-state index is -4.64. The summed E-state index contributed by atoms with van der Waals surface area (Å²) in [7, 11) is 1.20. The number of unbranched alkanes of at least 4 members (excludes halogenated alkanes) is 65. The summed E-state index contributed by atoms with van der Waals surface area (Å²) in [6, 6.07) is 0. The molecule has 97 heavy (non-hydrogen) atoms. The van der Waals surface area contributed by atoms with Gasteiger partial charge < -0.3 is 27.9 Å². The highest BCUT2D eigenvalue weighted by Gasteiger charge is 2.22. The number of likely N-dealkylation sites (N-methyl/N-ethyl adjacent to an activating group) is 1. The minimum absolute atomic E-state index is 0.0258. The van der Waals surface area contributed by atoms with Crippen LogP contribution in [0.2, 0.25) is 0 Å². The Kier molecular flexibility index (Phi) is 77.4. The molecule has 0 aliphatic heterocycles. The Hall–Kier alpha value is -1.51. The number of phosphoric ester groups is 1. The molecular formula is C87H170NO8P.